The molecule has 0 saturated heterocycles. The van der Waals surface area contributed by atoms with Crippen LogP contribution in [0.25, 0.3) is 0 Å². The van der Waals surface area contributed by atoms with Gasteiger partial charge in [0.05, 0.1) is 5.92 Å². The summed E-state index contributed by atoms with van der Waals surface area (Å²) in [4.78, 5) is 20.7. The van der Waals surface area contributed by atoms with Gasteiger partial charge in [-0.25, -0.2) is 0 Å². The molecule has 0 bridgehead atoms. The highest BCUT2D eigenvalue weighted by Crippen LogP contribution is 2.26. The van der Waals surface area contributed by atoms with Crippen molar-refractivity contribution in [2.24, 2.45) is 11.7 Å². The molecule has 1 rings (SSSR count). The Balaban J connectivity index is 0.00000121. The largest absolute Gasteiger partial charge is 0.458 e. The van der Waals surface area contributed by atoms with E-state index in [1.807, 2.05) is 0 Å². The van der Waals surface area contributed by atoms with Crippen molar-refractivity contribution >= 4 is 24.7 Å². The average Bonchev–Trinajstić information content (AvgIpc) is 1.94. The molecule has 0 heterocycles. The molecule has 0 amide bonds. The predicted octanol–water partition coefficient (Wildman–Crippen LogP) is -0.112. The van der Waals surface area contributed by atoms with Gasteiger partial charge in [-0.3, -0.25) is 9.59 Å². The fourth-order valence-corrected chi connectivity index (χ4v) is 1.09. The van der Waals surface area contributed by atoms with E-state index in [4.69, 9.17) is 5.73 Å². The van der Waals surface area contributed by atoms with E-state index in [0.29, 0.717) is 19.1 Å². The summed E-state index contributed by atoms with van der Waals surface area (Å²) in [5.41, 5.74) is 5.46. The summed E-state index contributed by atoms with van der Waals surface area (Å²) < 4.78 is 4.58. The minimum absolute atomic E-state index is 0. The van der Waals surface area contributed by atoms with Crippen LogP contribution in [0.4, 0.5) is 0 Å². The topological polar surface area (TPSA) is 69.4 Å². The van der Waals surface area contributed by atoms with Gasteiger partial charge in [0.25, 0.3) is 0 Å². The third-order valence-electron chi connectivity index (χ3n) is 1.80. The third kappa shape index (κ3) is 2.79. The number of ether oxygens (including phenoxy) is 1. The molecule has 0 aliphatic heterocycles. The molecule has 0 aromatic heterocycles. The lowest BCUT2D eigenvalue weighted by atomic mass is 9.81. The van der Waals surface area contributed by atoms with Crippen molar-refractivity contribution in [2.75, 3.05) is 6.61 Å². The number of aldehydes is 1. The summed E-state index contributed by atoms with van der Waals surface area (Å²) in [7, 11) is 0. The molecule has 4 nitrogen and oxygen atoms in total. The number of nitrogens with two attached hydrogens (primary N) is 1. The second kappa shape index (κ2) is 5.11. The first-order valence-electron chi connectivity index (χ1n) is 3.60. The van der Waals surface area contributed by atoms with E-state index in [-0.39, 0.29) is 36.9 Å². The fraction of sp³-hybridized carbons (Fsp3) is 0.714. The van der Waals surface area contributed by atoms with Gasteiger partial charge in [0.15, 0.2) is 6.29 Å². The van der Waals surface area contributed by atoms with Gasteiger partial charge < -0.3 is 10.5 Å². The van der Waals surface area contributed by atoms with Gasteiger partial charge in [-0.1, -0.05) is 0 Å². The smallest absolute Gasteiger partial charge is 0.309 e. The summed E-state index contributed by atoms with van der Waals surface area (Å²) in [6, 6.07) is 0.142. The minimum Gasteiger partial charge on any atom is -0.458 e. The first kappa shape index (κ1) is 11.4. The summed E-state index contributed by atoms with van der Waals surface area (Å²) in [5.74, 6) is -0.358. The number of hydrogen-bond acceptors (Lipinski definition) is 4. The monoisotopic (exact) mass is 193 g/mol. The van der Waals surface area contributed by atoms with Gasteiger partial charge >= 0.3 is 5.97 Å². The minimum atomic E-state index is -0.293. The Hall–Kier alpha value is -0.610. The lowest BCUT2D eigenvalue weighted by molar-refractivity contribution is -0.153. The molecule has 1 aliphatic rings. The van der Waals surface area contributed by atoms with Crippen molar-refractivity contribution in [3.63, 3.8) is 0 Å². The third-order valence-corrected chi connectivity index (χ3v) is 1.80. The first-order valence-corrected chi connectivity index (χ1v) is 3.60. The number of carbonyl (C=O) groups excluding carboxylic acids is 2. The lowest BCUT2D eigenvalue weighted by Gasteiger charge is -2.29. The zero-order chi connectivity index (χ0) is 8.27. The second-order valence-corrected chi connectivity index (χ2v) is 2.73. The molecule has 0 aromatic rings. The van der Waals surface area contributed by atoms with E-state index in [2.05, 4.69) is 4.74 Å². The number of rotatable bonds is 3. The normalized spacial score (nSPS) is 26.4. The molecule has 12 heavy (non-hydrogen) atoms. The van der Waals surface area contributed by atoms with Crippen LogP contribution in [0.1, 0.15) is 12.8 Å². The standard InChI is InChI=1S/C7H11NO3.ClH/c8-6-3-5(4-6)7(10)11-2-1-9;/h1,5-6H,2-4,8H2;1H. The van der Waals surface area contributed by atoms with Crippen LogP contribution in [-0.2, 0) is 14.3 Å². The van der Waals surface area contributed by atoms with Crippen molar-refractivity contribution in [3.05, 3.63) is 0 Å². The molecule has 1 fully saturated rings. The summed E-state index contributed by atoms with van der Waals surface area (Å²) >= 11 is 0. The van der Waals surface area contributed by atoms with Gasteiger partial charge in [-0.15, -0.1) is 12.4 Å². The van der Waals surface area contributed by atoms with Crippen molar-refractivity contribution in [1.29, 1.82) is 0 Å². The molecular formula is C7H12ClNO3. The highest BCUT2D eigenvalue weighted by Gasteiger charge is 2.32. The predicted molar refractivity (Wildman–Crippen MR) is 45.0 cm³/mol. The molecule has 0 unspecified atom stereocenters. The highest BCUT2D eigenvalue weighted by atomic mass is 35.5. The molecule has 1 aliphatic carbocycles. The van der Waals surface area contributed by atoms with Crippen LogP contribution in [0.3, 0.4) is 0 Å². The van der Waals surface area contributed by atoms with Crippen LogP contribution in [0.5, 0.6) is 0 Å². The maximum atomic E-state index is 10.9. The molecule has 2 N–H and O–H groups in total. The van der Waals surface area contributed by atoms with Gasteiger partial charge in [-0.05, 0) is 12.8 Å². The van der Waals surface area contributed by atoms with Gasteiger partial charge in [-0.2, -0.15) is 0 Å². The maximum Gasteiger partial charge on any atom is 0.309 e. The Morgan fingerprint density at radius 2 is 2.17 bits per heavy atom. The molecular weight excluding hydrogens is 182 g/mol. The SMILES string of the molecule is Cl.NC1CC(C(=O)OCC=O)C1. The Labute approximate surface area is 76.9 Å². The summed E-state index contributed by atoms with van der Waals surface area (Å²) in [6.07, 6.45) is 1.95. The van der Waals surface area contributed by atoms with Crippen LogP contribution < -0.4 is 5.73 Å². The molecule has 0 spiro atoms. The van der Waals surface area contributed by atoms with Crippen LogP contribution in [0.2, 0.25) is 0 Å². The van der Waals surface area contributed by atoms with Gasteiger partial charge in [0.2, 0.25) is 0 Å². The van der Waals surface area contributed by atoms with E-state index in [0.717, 1.165) is 0 Å². The van der Waals surface area contributed by atoms with Crippen molar-refractivity contribution < 1.29 is 14.3 Å². The number of esters is 1. The van der Waals surface area contributed by atoms with Crippen LogP contribution >= 0.6 is 12.4 Å². The number of carbonyl (C=O) groups is 2. The zero-order valence-corrected chi connectivity index (χ0v) is 7.38. The van der Waals surface area contributed by atoms with E-state index in [9.17, 15) is 9.59 Å². The Morgan fingerprint density at radius 3 is 2.58 bits per heavy atom. The van der Waals surface area contributed by atoms with E-state index in [1.54, 1.807) is 0 Å². The van der Waals surface area contributed by atoms with Gasteiger partial charge in [0, 0.05) is 6.04 Å². The maximum absolute atomic E-state index is 10.9. The van der Waals surface area contributed by atoms with Crippen LogP contribution in [0.15, 0.2) is 0 Å². The number of halogens is 1. The molecule has 70 valence electrons. The van der Waals surface area contributed by atoms with Crippen molar-refractivity contribution in [1.82, 2.24) is 0 Å². The fourth-order valence-electron chi connectivity index (χ4n) is 1.09. The van der Waals surface area contributed by atoms with Gasteiger partial charge in [0.1, 0.15) is 6.61 Å². The lowest BCUT2D eigenvalue weighted by Crippen LogP contribution is -2.41. The zero-order valence-electron chi connectivity index (χ0n) is 6.56. The van der Waals surface area contributed by atoms with Crippen molar-refractivity contribution in [2.45, 2.75) is 18.9 Å². The highest BCUT2D eigenvalue weighted by molar-refractivity contribution is 5.85. The van der Waals surface area contributed by atoms with E-state index in [1.165, 1.54) is 0 Å². The van der Waals surface area contributed by atoms with E-state index < -0.39 is 0 Å². The molecule has 0 radical (unpaired) electrons. The summed E-state index contributed by atoms with van der Waals surface area (Å²) in [5, 5.41) is 0. The Bertz CT molecular complexity index is 168. The molecule has 1 saturated carbocycles. The Morgan fingerprint density at radius 1 is 1.58 bits per heavy atom. The number of hydrogen-bond donors (Lipinski definition) is 1. The van der Waals surface area contributed by atoms with Crippen LogP contribution in [-0.4, -0.2) is 24.9 Å². The Kier molecular flexibility index (Phi) is 4.85. The first-order chi connectivity index (χ1) is 5.24. The second-order valence-electron chi connectivity index (χ2n) is 2.73. The molecule has 5 heteroatoms. The quantitative estimate of drug-likeness (QED) is 0.502. The molecule has 0 aromatic carbocycles. The van der Waals surface area contributed by atoms with Crippen molar-refractivity contribution in [3.8, 4) is 0 Å². The van der Waals surface area contributed by atoms with Crippen LogP contribution in [0, 0.1) is 5.92 Å². The van der Waals surface area contributed by atoms with E-state index >= 15 is 0 Å². The molecule has 0 atom stereocenters. The average molecular weight is 194 g/mol. The summed E-state index contributed by atoms with van der Waals surface area (Å²) in [6.45, 7) is -0.134.